The Hall–Kier alpha value is -3.67. The maximum absolute atomic E-state index is 13.6. The number of aromatic amines is 1. The summed E-state index contributed by atoms with van der Waals surface area (Å²) in [5, 5.41) is 14.5. The fraction of sp³-hybridized carbons (Fsp3) is 0.364. The Morgan fingerprint density at radius 3 is 2.74 bits per heavy atom. The molecule has 178 valence electrons. The molecule has 4 aromatic rings. The number of hydrogen-bond donors (Lipinski definition) is 2. The summed E-state index contributed by atoms with van der Waals surface area (Å²) in [6, 6.07) is 4.44. The first-order chi connectivity index (χ1) is 15.9. The van der Waals surface area contributed by atoms with Crippen LogP contribution in [0.2, 0.25) is 0 Å². The van der Waals surface area contributed by atoms with Crippen LogP contribution in [0, 0.1) is 6.92 Å². The highest BCUT2D eigenvalue weighted by Gasteiger charge is 2.40. The number of imidazole rings is 1. The van der Waals surface area contributed by atoms with E-state index >= 15 is 0 Å². The summed E-state index contributed by atoms with van der Waals surface area (Å²) in [6.07, 6.45) is -2.66. The fourth-order valence-electron chi connectivity index (χ4n) is 4.16. The number of aromatic nitrogens is 5. The molecular weight excluding hydrogens is 453 g/mol. The van der Waals surface area contributed by atoms with Crippen molar-refractivity contribution in [3.05, 3.63) is 70.7 Å². The predicted molar refractivity (Wildman–Crippen MR) is 112 cm³/mol. The van der Waals surface area contributed by atoms with Crippen molar-refractivity contribution in [3.63, 3.8) is 0 Å². The zero-order valence-corrected chi connectivity index (χ0v) is 18.5. The first kappa shape index (κ1) is 22.1. The van der Waals surface area contributed by atoms with Crippen molar-refractivity contribution < 1.29 is 27.5 Å². The number of carbonyl (C=O) groups is 1. The van der Waals surface area contributed by atoms with Crippen molar-refractivity contribution in [1.29, 1.82) is 0 Å². The minimum absolute atomic E-state index is 0.00934. The van der Waals surface area contributed by atoms with Crippen LogP contribution in [0.4, 0.5) is 13.2 Å². The van der Waals surface area contributed by atoms with Gasteiger partial charge in [-0.25, -0.2) is 14.5 Å². The van der Waals surface area contributed by atoms with Gasteiger partial charge in [-0.1, -0.05) is 6.07 Å². The predicted octanol–water partition coefficient (Wildman–Crippen LogP) is 3.39. The lowest BCUT2D eigenvalue weighted by Crippen LogP contribution is -2.41. The highest BCUT2D eigenvalue weighted by Crippen LogP contribution is 2.36. The number of halogens is 3. The third kappa shape index (κ3) is 3.54. The number of amides is 1. The van der Waals surface area contributed by atoms with Crippen LogP contribution in [-0.4, -0.2) is 47.0 Å². The largest absolute Gasteiger partial charge is 0.433 e. The van der Waals surface area contributed by atoms with Gasteiger partial charge in [-0.3, -0.25) is 4.79 Å². The summed E-state index contributed by atoms with van der Waals surface area (Å²) in [7, 11) is 0. The standard InChI is InChI=1S/C22H21F3N6O3/c1-11-18(34-20(28-11)21(2,3)33)19(32)30-8-7-13-16(27-10-26-13)17(30)14-9-12-5-4-6-15(22(23,24)25)31(12)29-14/h4-6,9-10,17,33H,7-8H2,1-3H3,(H,26,27). The van der Waals surface area contributed by atoms with Crippen molar-refractivity contribution in [1.82, 2.24) is 29.5 Å². The van der Waals surface area contributed by atoms with E-state index in [4.69, 9.17) is 4.42 Å². The maximum Gasteiger partial charge on any atom is 0.433 e. The van der Waals surface area contributed by atoms with E-state index in [2.05, 4.69) is 20.1 Å². The summed E-state index contributed by atoms with van der Waals surface area (Å²) in [5.74, 6) is -0.585. The third-order valence-electron chi connectivity index (χ3n) is 5.78. The molecular formula is C22H21F3N6O3. The van der Waals surface area contributed by atoms with Gasteiger partial charge in [0, 0.05) is 18.7 Å². The van der Waals surface area contributed by atoms with Crippen molar-refractivity contribution in [2.75, 3.05) is 6.54 Å². The molecule has 34 heavy (non-hydrogen) atoms. The average molecular weight is 474 g/mol. The number of aliphatic hydroxyl groups is 1. The molecule has 0 aromatic carbocycles. The number of fused-ring (bicyclic) bond motifs is 2. The van der Waals surface area contributed by atoms with Gasteiger partial charge in [0.1, 0.15) is 17.3 Å². The summed E-state index contributed by atoms with van der Waals surface area (Å²) in [5.41, 5.74) is -0.283. The minimum atomic E-state index is -4.60. The monoisotopic (exact) mass is 474 g/mol. The van der Waals surface area contributed by atoms with E-state index < -0.39 is 29.4 Å². The molecule has 1 amide bonds. The maximum atomic E-state index is 13.6. The number of rotatable bonds is 3. The molecule has 0 saturated carbocycles. The Labute approximate surface area is 191 Å². The molecule has 0 saturated heterocycles. The van der Waals surface area contributed by atoms with Crippen LogP contribution in [0.25, 0.3) is 5.52 Å². The van der Waals surface area contributed by atoms with Crippen LogP contribution >= 0.6 is 0 Å². The Morgan fingerprint density at radius 1 is 1.29 bits per heavy atom. The highest BCUT2D eigenvalue weighted by molar-refractivity contribution is 5.93. The summed E-state index contributed by atoms with van der Waals surface area (Å²) >= 11 is 0. The fourth-order valence-corrected chi connectivity index (χ4v) is 4.16. The van der Waals surface area contributed by atoms with Gasteiger partial charge in [0.2, 0.25) is 11.7 Å². The SMILES string of the molecule is Cc1nc(C(C)(C)O)oc1C(=O)N1CCc2[nH]cnc2C1c1cc2cccc(C(F)(F)F)n2n1. The van der Waals surface area contributed by atoms with Crippen LogP contribution in [0.3, 0.4) is 0 Å². The van der Waals surface area contributed by atoms with Gasteiger partial charge >= 0.3 is 6.18 Å². The zero-order chi connectivity index (χ0) is 24.4. The normalized spacial score (nSPS) is 16.8. The Balaban J connectivity index is 1.63. The molecule has 0 fully saturated rings. The minimum Gasteiger partial charge on any atom is -0.432 e. The summed E-state index contributed by atoms with van der Waals surface area (Å²) in [6.45, 7) is 4.81. The van der Waals surface area contributed by atoms with Gasteiger partial charge in [-0.2, -0.15) is 18.3 Å². The quantitative estimate of drug-likeness (QED) is 0.471. The number of nitrogens with one attached hydrogen (secondary N) is 1. The number of aryl methyl sites for hydroxylation is 1. The molecule has 5 rings (SSSR count). The van der Waals surface area contributed by atoms with E-state index in [9.17, 15) is 23.1 Å². The van der Waals surface area contributed by atoms with E-state index in [0.717, 1.165) is 16.3 Å². The van der Waals surface area contributed by atoms with E-state index in [-0.39, 0.29) is 29.4 Å². The Kier molecular flexibility index (Phi) is 4.83. The van der Waals surface area contributed by atoms with Gasteiger partial charge < -0.3 is 19.4 Å². The molecule has 4 aromatic heterocycles. The van der Waals surface area contributed by atoms with Crippen molar-refractivity contribution >= 4 is 11.4 Å². The Bertz CT molecular complexity index is 1400. The van der Waals surface area contributed by atoms with Crippen LogP contribution in [0.5, 0.6) is 0 Å². The molecule has 1 atom stereocenters. The van der Waals surface area contributed by atoms with Crippen LogP contribution in [0.1, 0.15) is 64.8 Å². The van der Waals surface area contributed by atoms with Crippen LogP contribution in [-0.2, 0) is 18.2 Å². The van der Waals surface area contributed by atoms with Gasteiger partial charge in [0.05, 0.1) is 28.9 Å². The van der Waals surface area contributed by atoms with Gasteiger partial charge in [0.15, 0.2) is 0 Å². The summed E-state index contributed by atoms with van der Waals surface area (Å²) in [4.78, 5) is 26.6. The second kappa shape index (κ2) is 7.42. The molecule has 5 heterocycles. The van der Waals surface area contributed by atoms with Crippen molar-refractivity contribution in [3.8, 4) is 0 Å². The van der Waals surface area contributed by atoms with Gasteiger partial charge in [0.25, 0.3) is 5.91 Å². The number of oxazole rings is 1. The molecule has 1 unspecified atom stereocenters. The van der Waals surface area contributed by atoms with E-state index in [1.54, 1.807) is 6.92 Å². The molecule has 1 aliphatic rings. The number of nitrogens with zero attached hydrogens (tertiary/aromatic N) is 5. The zero-order valence-electron chi connectivity index (χ0n) is 18.5. The second-order valence-electron chi connectivity index (χ2n) is 8.72. The third-order valence-corrected chi connectivity index (χ3v) is 5.78. The number of carbonyl (C=O) groups excluding carboxylic acids is 1. The number of pyridine rings is 1. The lowest BCUT2D eigenvalue weighted by molar-refractivity contribution is -0.142. The molecule has 0 bridgehead atoms. The van der Waals surface area contributed by atoms with Crippen LogP contribution in [0.15, 0.2) is 35.0 Å². The average Bonchev–Trinajstić information content (AvgIpc) is 3.48. The molecule has 0 spiro atoms. The van der Waals surface area contributed by atoms with Crippen molar-refractivity contribution in [2.24, 2.45) is 0 Å². The summed E-state index contributed by atoms with van der Waals surface area (Å²) < 4.78 is 47.1. The number of alkyl halides is 3. The lowest BCUT2D eigenvalue weighted by atomic mass is 9.99. The van der Waals surface area contributed by atoms with E-state index in [1.807, 2.05) is 0 Å². The number of H-pyrrole nitrogens is 1. The molecule has 0 aliphatic carbocycles. The Morgan fingerprint density at radius 2 is 2.06 bits per heavy atom. The van der Waals surface area contributed by atoms with Gasteiger partial charge in [-0.15, -0.1) is 0 Å². The highest BCUT2D eigenvalue weighted by atomic mass is 19.4. The van der Waals surface area contributed by atoms with Gasteiger partial charge in [-0.05, 0) is 39.0 Å². The number of hydrogen-bond acceptors (Lipinski definition) is 6. The van der Waals surface area contributed by atoms with E-state index in [1.165, 1.54) is 43.3 Å². The molecule has 0 radical (unpaired) electrons. The molecule has 9 nitrogen and oxygen atoms in total. The second-order valence-corrected chi connectivity index (χ2v) is 8.72. The van der Waals surface area contributed by atoms with E-state index in [0.29, 0.717) is 17.8 Å². The first-order valence-electron chi connectivity index (χ1n) is 10.5. The smallest absolute Gasteiger partial charge is 0.432 e. The molecule has 12 heteroatoms. The van der Waals surface area contributed by atoms with Crippen molar-refractivity contribution in [2.45, 2.75) is 45.0 Å². The molecule has 1 aliphatic heterocycles. The first-order valence-corrected chi connectivity index (χ1v) is 10.5. The molecule has 2 N–H and O–H groups in total. The lowest BCUT2D eigenvalue weighted by Gasteiger charge is -2.33. The van der Waals surface area contributed by atoms with Crippen LogP contribution < -0.4 is 0 Å². The topological polar surface area (TPSA) is 113 Å².